The number of amides is 1. The third kappa shape index (κ3) is 2.12. The lowest BCUT2D eigenvalue weighted by molar-refractivity contribution is 0.0953. The first-order chi connectivity index (χ1) is 8.72. The van der Waals surface area contributed by atoms with E-state index < -0.39 is 0 Å². The van der Waals surface area contributed by atoms with E-state index in [1.165, 1.54) is 12.8 Å². The molecule has 1 aromatic heterocycles. The molecule has 0 radical (unpaired) electrons. The third-order valence-corrected chi connectivity index (χ3v) is 5.05. The van der Waals surface area contributed by atoms with Gasteiger partial charge in [-0.3, -0.25) is 4.79 Å². The molecule has 94 valence electrons. The molecule has 1 aliphatic rings. The van der Waals surface area contributed by atoms with E-state index in [9.17, 15) is 4.79 Å². The van der Waals surface area contributed by atoms with Gasteiger partial charge in [-0.2, -0.15) is 11.8 Å². The molecule has 3 rings (SSSR count). The Hall–Kier alpha value is -1.42. The lowest BCUT2D eigenvalue weighted by Gasteiger charge is -2.13. The number of benzene rings is 1. The van der Waals surface area contributed by atoms with E-state index in [4.69, 9.17) is 0 Å². The van der Waals surface area contributed by atoms with Crippen LogP contribution in [0.5, 0.6) is 0 Å². The molecule has 1 amide bonds. The minimum Gasteiger partial charge on any atom is -0.361 e. The Morgan fingerprint density at radius 3 is 3.00 bits per heavy atom. The van der Waals surface area contributed by atoms with Crippen molar-refractivity contribution in [1.82, 2.24) is 10.3 Å². The van der Waals surface area contributed by atoms with Gasteiger partial charge in [0.2, 0.25) is 0 Å². The van der Waals surface area contributed by atoms with Crippen LogP contribution in [0.15, 0.2) is 30.5 Å². The molecule has 1 heterocycles. The molecule has 1 saturated carbocycles. The quantitative estimate of drug-likeness (QED) is 0.888. The van der Waals surface area contributed by atoms with Crippen molar-refractivity contribution in [2.45, 2.75) is 17.6 Å². The van der Waals surface area contributed by atoms with Crippen molar-refractivity contribution in [3.8, 4) is 0 Å². The molecule has 0 spiro atoms. The molecule has 18 heavy (non-hydrogen) atoms. The number of H-pyrrole nitrogens is 1. The maximum absolute atomic E-state index is 12.1. The second-order valence-corrected chi connectivity index (χ2v) is 6.12. The Kier molecular flexibility index (Phi) is 2.82. The number of thioether (sulfide) groups is 1. The topological polar surface area (TPSA) is 44.9 Å². The van der Waals surface area contributed by atoms with Crippen molar-refractivity contribution in [3.05, 3.63) is 36.0 Å². The van der Waals surface area contributed by atoms with Crippen molar-refractivity contribution < 1.29 is 4.79 Å². The largest absolute Gasteiger partial charge is 0.361 e. The average Bonchev–Trinajstić information content (AvgIpc) is 3.04. The number of carbonyl (C=O) groups is 1. The lowest BCUT2D eigenvalue weighted by Crippen LogP contribution is -2.31. The van der Waals surface area contributed by atoms with Gasteiger partial charge in [0.25, 0.3) is 5.91 Å². The first-order valence-electron chi connectivity index (χ1n) is 6.13. The van der Waals surface area contributed by atoms with Crippen LogP contribution in [-0.2, 0) is 0 Å². The molecule has 1 fully saturated rings. The van der Waals surface area contributed by atoms with Crippen LogP contribution in [0.2, 0.25) is 0 Å². The monoisotopic (exact) mass is 260 g/mol. The zero-order chi connectivity index (χ0) is 12.6. The third-order valence-electron chi connectivity index (χ3n) is 3.63. The average molecular weight is 260 g/mol. The number of hydrogen-bond acceptors (Lipinski definition) is 2. The molecule has 4 heteroatoms. The molecule has 2 aromatic rings. The van der Waals surface area contributed by atoms with E-state index in [0.717, 1.165) is 23.0 Å². The van der Waals surface area contributed by atoms with Gasteiger partial charge in [0, 0.05) is 28.6 Å². The van der Waals surface area contributed by atoms with Gasteiger partial charge in [0.05, 0.1) is 0 Å². The summed E-state index contributed by atoms with van der Waals surface area (Å²) in [7, 11) is 0. The number of aromatic amines is 1. The Morgan fingerprint density at radius 2 is 2.28 bits per heavy atom. The van der Waals surface area contributed by atoms with Gasteiger partial charge in [-0.15, -0.1) is 0 Å². The summed E-state index contributed by atoms with van der Waals surface area (Å²) in [4.78, 5) is 15.2. The summed E-state index contributed by atoms with van der Waals surface area (Å²) in [6.07, 6.45) is 6.43. The summed E-state index contributed by atoms with van der Waals surface area (Å²) in [6.45, 7) is 0.774. The van der Waals surface area contributed by atoms with Gasteiger partial charge in [-0.05, 0) is 42.7 Å². The fourth-order valence-corrected chi connectivity index (χ4v) is 2.85. The van der Waals surface area contributed by atoms with Gasteiger partial charge in [0.15, 0.2) is 0 Å². The van der Waals surface area contributed by atoms with Gasteiger partial charge in [-0.1, -0.05) is 6.07 Å². The van der Waals surface area contributed by atoms with E-state index in [1.807, 2.05) is 42.2 Å². The standard InChI is InChI=1S/C14H16N2OS/c1-18-14(5-6-14)9-16-13(17)11-3-2-10-4-7-15-12(10)8-11/h2-4,7-8,15H,5-6,9H2,1H3,(H,16,17). The molecule has 0 atom stereocenters. The van der Waals surface area contributed by atoms with Gasteiger partial charge in [-0.25, -0.2) is 0 Å². The van der Waals surface area contributed by atoms with Gasteiger partial charge >= 0.3 is 0 Å². The maximum Gasteiger partial charge on any atom is 0.251 e. The molecule has 1 aliphatic carbocycles. The molecular formula is C14H16N2OS. The first kappa shape index (κ1) is 11.7. The Morgan fingerprint density at radius 1 is 1.44 bits per heavy atom. The highest BCUT2D eigenvalue weighted by Crippen LogP contribution is 2.46. The smallest absolute Gasteiger partial charge is 0.251 e. The molecular weight excluding hydrogens is 244 g/mol. The van der Waals surface area contributed by atoms with Crippen molar-refractivity contribution in [2.75, 3.05) is 12.8 Å². The van der Waals surface area contributed by atoms with Crippen LogP contribution < -0.4 is 5.32 Å². The minimum atomic E-state index is 0.0202. The summed E-state index contributed by atoms with van der Waals surface area (Å²) in [5.41, 5.74) is 1.73. The number of rotatable bonds is 4. The Balaban J connectivity index is 1.71. The minimum absolute atomic E-state index is 0.0202. The zero-order valence-electron chi connectivity index (χ0n) is 10.3. The predicted molar refractivity (Wildman–Crippen MR) is 76.1 cm³/mol. The van der Waals surface area contributed by atoms with E-state index in [-0.39, 0.29) is 5.91 Å². The number of nitrogens with one attached hydrogen (secondary N) is 2. The summed E-state index contributed by atoms with van der Waals surface area (Å²) < 4.78 is 0.312. The normalized spacial score (nSPS) is 16.7. The second-order valence-electron chi connectivity index (χ2n) is 4.85. The maximum atomic E-state index is 12.1. The fourth-order valence-electron chi connectivity index (χ4n) is 2.12. The van der Waals surface area contributed by atoms with E-state index >= 15 is 0 Å². The molecule has 0 unspecified atom stereocenters. The van der Waals surface area contributed by atoms with Gasteiger partial charge < -0.3 is 10.3 Å². The summed E-state index contributed by atoms with van der Waals surface area (Å²) in [6, 6.07) is 7.76. The highest BCUT2D eigenvalue weighted by molar-refractivity contribution is 8.00. The number of aromatic nitrogens is 1. The summed E-state index contributed by atoms with van der Waals surface area (Å²) in [5.74, 6) is 0.0202. The second kappa shape index (κ2) is 4.35. The highest BCUT2D eigenvalue weighted by atomic mass is 32.2. The fraction of sp³-hybridized carbons (Fsp3) is 0.357. The Labute approximate surface area is 110 Å². The highest BCUT2D eigenvalue weighted by Gasteiger charge is 2.41. The van der Waals surface area contributed by atoms with Crippen LogP contribution in [-0.4, -0.2) is 28.4 Å². The molecule has 2 N–H and O–H groups in total. The molecule has 0 saturated heterocycles. The van der Waals surface area contributed by atoms with Crippen LogP contribution in [0.25, 0.3) is 10.9 Å². The summed E-state index contributed by atoms with van der Waals surface area (Å²) in [5, 5.41) is 4.17. The van der Waals surface area contributed by atoms with Crippen molar-refractivity contribution in [3.63, 3.8) is 0 Å². The number of carbonyl (C=O) groups excluding carboxylic acids is 1. The van der Waals surface area contributed by atoms with Crippen LogP contribution in [0, 0.1) is 0 Å². The number of fused-ring (bicyclic) bond motifs is 1. The van der Waals surface area contributed by atoms with Crippen LogP contribution in [0.3, 0.4) is 0 Å². The molecule has 0 aliphatic heterocycles. The van der Waals surface area contributed by atoms with Gasteiger partial charge in [0.1, 0.15) is 0 Å². The molecule has 0 bridgehead atoms. The predicted octanol–water partition coefficient (Wildman–Crippen LogP) is 2.79. The zero-order valence-corrected chi connectivity index (χ0v) is 11.1. The van der Waals surface area contributed by atoms with E-state index in [2.05, 4.69) is 16.6 Å². The molecule has 3 nitrogen and oxygen atoms in total. The van der Waals surface area contributed by atoms with Crippen molar-refractivity contribution in [1.29, 1.82) is 0 Å². The summed E-state index contributed by atoms with van der Waals surface area (Å²) >= 11 is 1.86. The Bertz CT molecular complexity index is 586. The van der Waals surface area contributed by atoms with E-state index in [0.29, 0.717) is 4.75 Å². The van der Waals surface area contributed by atoms with Crippen LogP contribution >= 0.6 is 11.8 Å². The van der Waals surface area contributed by atoms with Crippen molar-refractivity contribution >= 4 is 28.6 Å². The molecule has 1 aromatic carbocycles. The first-order valence-corrected chi connectivity index (χ1v) is 7.35. The van der Waals surface area contributed by atoms with E-state index in [1.54, 1.807) is 0 Å². The van der Waals surface area contributed by atoms with Crippen LogP contribution in [0.1, 0.15) is 23.2 Å². The van der Waals surface area contributed by atoms with Crippen molar-refractivity contribution in [2.24, 2.45) is 0 Å². The lowest BCUT2D eigenvalue weighted by atomic mass is 10.1. The van der Waals surface area contributed by atoms with Crippen LogP contribution in [0.4, 0.5) is 0 Å². The number of hydrogen-bond donors (Lipinski definition) is 2. The SMILES string of the molecule is CSC1(CNC(=O)c2ccc3cc[nH]c3c2)CC1.